The molecule has 10 heteroatoms. The molecule has 0 aliphatic carbocycles. The Morgan fingerprint density at radius 3 is 2.45 bits per heavy atom. The molecule has 3 heterocycles. The number of non-ortho nitro benzene ring substituents is 1. The Morgan fingerprint density at radius 1 is 0.975 bits per heavy atom. The Kier molecular flexibility index (Phi) is 6.81. The van der Waals surface area contributed by atoms with Crippen molar-refractivity contribution in [2.24, 2.45) is 0 Å². The van der Waals surface area contributed by atoms with Gasteiger partial charge in [-0.2, -0.15) is 4.98 Å². The molecule has 3 aromatic carbocycles. The molecule has 1 saturated heterocycles. The summed E-state index contributed by atoms with van der Waals surface area (Å²) in [7, 11) is 0. The second kappa shape index (κ2) is 10.7. The Hall–Kier alpha value is -4.86. The first-order valence-electron chi connectivity index (χ1n) is 13.5. The minimum absolute atomic E-state index is 0.0380. The number of carbonyl (C=O) groups is 1. The highest BCUT2D eigenvalue weighted by molar-refractivity contribution is 6.00. The Morgan fingerprint density at radius 2 is 1.73 bits per heavy atom. The van der Waals surface area contributed by atoms with Gasteiger partial charge in [-0.15, -0.1) is 0 Å². The van der Waals surface area contributed by atoms with Gasteiger partial charge in [-0.3, -0.25) is 14.9 Å². The van der Waals surface area contributed by atoms with E-state index in [2.05, 4.69) is 41.2 Å². The summed E-state index contributed by atoms with van der Waals surface area (Å²) < 4.78 is 5.77. The molecule has 0 N–H and O–H groups in total. The van der Waals surface area contributed by atoms with Gasteiger partial charge in [-0.1, -0.05) is 54.9 Å². The number of benzene rings is 3. The maximum atomic E-state index is 13.1. The molecule has 0 atom stereocenters. The van der Waals surface area contributed by atoms with Crippen LogP contribution >= 0.6 is 0 Å². The fourth-order valence-corrected chi connectivity index (χ4v) is 5.12. The van der Waals surface area contributed by atoms with Gasteiger partial charge in [0.15, 0.2) is 0 Å². The molecule has 0 unspecified atom stereocenters. The second-order valence-electron chi connectivity index (χ2n) is 9.92. The molecule has 1 aliphatic heterocycles. The van der Waals surface area contributed by atoms with E-state index in [1.165, 1.54) is 24.3 Å². The topological polar surface area (TPSA) is 118 Å². The van der Waals surface area contributed by atoms with E-state index in [1.807, 2.05) is 18.2 Å². The molecular weight excluding hydrogens is 508 g/mol. The lowest BCUT2D eigenvalue weighted by atomic mass is 10.0. The lowest BCUT2D eigenvalue weighted by Crippen LogP contribution is -2.49. The van der Waals surface area contributed by atoms with E-state index in [0.29, 0.717) is 43.1 Å². The maximum absolute atomic E-state index is 13.1. The van der Waals surface area contributed by atoms with Crippen LogP contribution in [0.25, 0.3) is 33.1 Å². The van der Waals surface area contributed by atoms with Gasteiger partial charge in [0.25, 0.3) is 17.3 Å². The molecule has 40 heavy (non-hydrogen) atoms. The number of nitrogens with zero attached hydrogens (tertiary/aromatic N) is 6. The summed E-state index contributed by atoms with van der Waals surface area (Å²) >= 11 is 0. The lowest BCUT2D eigenvalue weighted by Gasteiger charge is -2.35. The summed E-state index contributed by atoms with van der Waals surface area (Å²) in [5.41, 5.74) is 2.48. The van der Waals surface area contributed by atoms with Crippen LogP contribution in [0, 0.1) is 10.1 Å². The average Bonchev–Trinajstić information content (AvgIpc) is 3.43. The third-order valence-electron chi connectivity index (χ3n) is 7.33. The first-order valence-corrected chi connectivity index (χ1v) is 13.5. The van der Waals surface area contributed by atoms with Gasteiger partial charge in [0.05, 0.1) is 4.92 Å². The number of fused-ring (bicyclic) bond motifs is 2. The molecule has 1 fully saturated rings. The third-order valence-corrected chi connectivity index (χ3v) is 7.33. The Labute approximate surface area is 230 Å². The number of anilines is 1. The number of hydrogen-bond donors (Lipinski definition) is 0. The van der Waals surface area contributed by atoms with Gasteiger partial charge in [-0.25, -0.2) is 4.98 Å². The van der Waals surface area contributed by atoms with Crippen molar-refractivity contribution in [1.29, 1.82) is 0 Å². The molecule has 0 spiro atoms. The van der Waals surface area contributed by atoms with Crippen molar-refractivity contribution in [3.8, 4) is 11.3 Å². The summed E-state index contributed by atoms with van der Waals surface area (Å²) in [4.78, 5) is 37.2. The highest BCUT2D eigenvalue weighted by Gasteiger charge is 2.28. The molecule has 10 nitrogen and oxygen atoms in total. The lowest BCUT2D eigenvalue weighted by molar-refractivity contribution is -0.384. The standard InChI is InChI=1S/C30H28N6O4/c1-2-3-8-25-31-28(34-15-17-35(18-16-34)30(37)21-11-13-24(14-12-21)36(38)39)26-27(33-40-29(26)32-25)23-10-9-20-6-4-5-7-22(20)19-23/h4-7,9-14,19H,2-3,8,15-18H2,1H3. The van der Waals surface area contributed by atoms with Crippen molar-refractivity contribution < 1.29 is 14.2 Å². The van der Waals surface area contributed by atoms with E-state index < -0.39 is 4.92 Å². The number of amides is 1. The zero-order chi connectivity index (χ0) is 27.6. The predicted octanol–water partition coefficient (Wildman–Crippen LogP) is 5.65. The zero-order valence-electron chi connectivity index (χ0n) is 22.1. The Bertz CT molecular complexity index is 1710. The van der Waals surface area contributed by atoms with E-state index in [4.69, 9.17) is 14.5 Å². The van der Waals surface area contributed by atoms with E-state index in [1.54, 1.807) is 4.90 Å². The highest BCUT2D eigenvalue weighted by atomic mass is 16.6. The van der Waals surface area contributed by atoms with Crippen LogP contribution in [0.2, 0.25) is 0 Å². The quantitative estimate of drug-likeness (QED) is 0.193. The van der Waals surface area contributed by atoms with Crippen LogP contribution in [-0.2, 0) is 6.42 Å². The van der Waals surface area contributed by atoms with Gasteiger partial charge in [0.2, 0.25) is 0 Å². The molecule has 6 rings (SSSR count). The van der Waals surface area contributed by atoms with Crippen molar-refractivity contribution >= 4 is 39.3 Å². The molecule has 5 aromatic rings. The van der Waals surface area contributed by atoms with E-state index in [-0.39, 0.29) is 11.6 Å². The SMILES string of the molecule is CCCCc1nc(N2CCN(C(=O)c3ccc([N+](=O)[O-])cc3)CC2)c2c(-c3ccc4ccccc4c3)noc2n1. The molecule has 2 aromatic heterocycles. The average molecular weight is 537 g/mol. The van der Waals surface area contributed by atoms with Crippen LogP contribution in [0.3, 0.4) is 0 Å². The maximum Gasteiger partial charge on any atom is 0.269 e. The summed E-state index contributed by atoms with van der Waals surface area (Å²) in [6.45, 7) is 4.25. The molecule has 0 radical (unpaired) electrons. The van der Waals surface area contributed by atoms with Crippen molar-refractivity contribution in [2.45, 2.75) is 26.2 Å². The monoisotopic (exact) mass is 536 g/mol. The number of nitro benzene ring substituents is 1. The van der Waals surface area contributed by atoms with Crippen molar-refractivity contribution in [3.05, 3.63) is 88.2 Å². The van der Waals surface area contributed by atoms with Crippen LogP contribution < -0.4 is 4.90 Å². The Balaban J connectivity index is 1.31. The van der Waals surface area contributed by atoms with Gasteiger partial charge >= 0.3 is 0 Å². The normalized spacial score (nSPS) is 13.7. The van der Waals surface area contributed by atoms with Crippen LogP contribution in [0.5, 0.6) is 0 Å². The number of aryl methyl sites for hydroxylation is 1. The number of hydrogen-bond acceptors (Lipinski definition) is 8. The summed E-state index contributed by atoms with van der Waals surface area (Å²) in [5.74, 6) is 1.34. The van der Waals surface area contributed by atoms with Crippen LogP contribution in [0.4, 0.5) is 11.5 Å². The van der Waals surface area contributed by atoms with Crippen molar-refractivity contribution in [1.82, 2.24) is 20.0 Å². The fraction of sp³-hybridized carbons (Fsp3) is 0.267. The molecule has 0 bridgehead atoms. The first-order chi connectivity index (χ1) is 19.5. The minimum Gasteiger partial charge on any atom is -0.352 e. The van der Waals surface area contributed by atoms with Gasteiger partial charge in [0, 0.05) is 55.9 Å². The van der Waals surface area contributed by atoms with Crippen LogP contribution in [0.15, 0.2) is 71.3 Å². The summed E-state index contributed by atoms with van der Waals surface area (Å²) in [5, 5.41) is 18.4. The fourth-order valence-electron chi connectivity index (χ4n) is 5.12. The van der Waals surface area contributed by atoms with Crippen LogP contribution in [-0.4, -0.2) is 57.0 Å². The van der Waals surface area contributed by atoms with Gasteiger partial charge < -0.3 is 14.3 Å². The summed E-state index contributed by atoms with van der Waals surface area (Å²) in [6.07, 6.45) is 2.73. The van der Waals surface area contributed by atoms with Crippen LogP contribution in [0.1, 0.15) is 35.9 Å². The largest absolute Gasteiger partial charge is 0.352 e. The van der Waals surface area contributed by atoms with E-state index >= 15 is 0 Å². The number of carbonyl (C=O) groups excluding carboxylic acids is 1. The molecule has 1 amide bonds. The smallest absolute Gasteiger partial charge is 0.269 e. The number of nitro groups is 1. The number of unbranched alkanes of at least 4 members (excludes halogenated alkanes) is 1. The zero-order valence-corrected chi connectivity index (χ0v) is 22.1. The molecular formula is C30H28N6O4. The molecule has 0 saturated carbocycles. The van der Waals surface area contributed by atoms with Gasteiger partial charge in [-0.05, 0) is 35.4 Å². The molecule has 202 valence electrons. The molecule has 1 aliphatic rings. The van der Waals surface area contributed by atoms with E-state index in [9.17, 15) is 14.9 Å². The second-order valence-corrected chi connectivity index (χ2v) is 9.92. The van der Waals surface area contributed by atoms with Crippen molar-refractivity contribution in [3.63, 3.8) is 0 Å². The number of aromatic nitrogens is 3. The van der Waals surface area contributed by atoms with E-state index in [0.717, 1.165) is 52.6 Å². The predicted molar refractivity (Wildman–Crippen MR) is 152 cm³/mol. The minimum atomic E-state index is -0.471. The number of piperazine rings is 1. The third kappa shape index (κ3) is 4.84. The summed E-state index contributed by atoms with van der Waals surface area (Å²) in [6, 6.07) is 20.1. The first kappa shape index (κ1) is 25.4. The number of rotatable bonds is 7. The highest BCUT2D eigenvalue weighted by Crippen LogP contribution is 2.35. The van der Waals surface area contributed by atoms with Crippen molar-refractivity contribution in [2.75, 3.05) is 31.1 Å². The van der Waals surface area contributed by atoms with Gasteiger partial charge in [0.1, 0.15) is 22.7 Å².